The molecule has 0 spiro atoms. The summed E-state index contributed by atoms with van der Waals surface area (Å²) in [5.41, 5.74) is -0.702. The highest BCUT2D eigenvalue weighted by Crippen LogP contribution is 2.34. The SMILES string of the molecule is CC(C)(CC(=O)N1CCCC(C(C)(C)C)CC1)C(=O)O. The van der Waals surface area contributed by atoms with Gasteiger partial charge in [-0.05, 0) is 44.4 Å². The van der Waals surface area contributed by atoms with Crippen LogP contribution in [0, 0.1) is 16.7 Å². The van der Waals surface area contributed by atoms with E-state index in [0.717, 1.165) is 32.4 Å². The molecule has 1 heterocycles. The number of aliphatic carboxylic acids is 1. The van der Waals surface area contributed by atoms with E-state index in [1.165, 1.54) is 0 Å². The fourth-order valence-electron chi connectivity index (χ4n) is 2.78. The van der Waals surface area contributed by atoms with Gasteiger partial charge in [0, 0.05) is 19.5 Å². The predicted molar refractivity (Wildman–Crippen MR) is 79.4 cm³/mol. The molecule has 116 valence electrons. The van der Waals surface area contributed by atoms with Gasteiger partial charge in [0.2, 0.25) is 5.91 Å². The first-order valence-corrected chi connectivity index (χ1v) is 7.55. The van der Waals surface area contributed by atoms with Crippen LogP contribution in [0.1, 0.15) is 60.3 Å². The fourth-order valence-corrected chi connectivity index (χ4v) is 2.78. The molecule has 20 heavy (non-hydrogen) atoms. The molecule has 1 rings (SSSR count). The van der Waals surface area contributed by atoms with Crippen molar-refractivity contribution in [3.05, 3.63) is 0 Å². The lowest BCUT2D eigenvalue weighted by atomic mass is 9.77. The Morgan fingerprint density at radius 2 is 1.70 bits per heavy atom. The van der Waals surface area contributed by atoms with Gasteiger partial charge in [-0.15, -0.1) is 0 Å². The minimum Gasteiger partial charge on any atom is -0.481 e. The van der Waals surface area contributed by atoms with Gasteiger partial charge in [0.05, 0.1) is 5.41 Å². The van der Waals surface area contributed by atoms with Gasteiger partial charge < -0.3 is 10.0 Å². The van der Waals surface area contributed by atoms with Crippen molar-refractivity contribution in [3.63, 3.8) is 0 Å². The van der Waals surface area contributed by atoms with Gasteiger partial charge in [-0.25, -0.2) is 0 Å². The number of carboxylic acid groups (broad SMARTS) is 1. The molecule has 0 aliphatic carbocycles. The molecular formula is C16H29NO3. The van der Waals surface area contributed by atoms with Gasteiger partial charge >= 0.3 is 5.97 Å². The van der Waals surface area contributed by atoms with E-state index < -0.39 is 11.4 Å². The van der Waals surface area contributed by atoms with Crippen molar-refractivity contribution < 1.29 is 14.7 Å². The topological polar surface area (TPSA) is 57.6 Å². The summed E-state index contributed by atoms with van der Waals surface area (Å²) < 4.78 is 0. The molecule has 1 amide bonds. The van der Waals surface area contributed by atoms with E-state index in [1.54, 1.807) is 13.8 Å². The van der Waals surface area contributed by atoms with E-state index in [0.29, 0.717) is 5.92 Å². The summed E-state index contributed by atoms with van der Waals surface area (Å²) in [7, 11) is 0. The first-order valence-electron chi connectivity index (χ1n) is 7.55. The zero-order valence-corrected chi connectivity index (χ0v) is 13.5. The van der Waals surface area contributed by atoms with Crippen molar-refractivity contribution in [2.75, 3.05) is 13.1 Å². The van der Waals surface area contributed by atoms with E-state index in [4.69, 9.17) is 5.11 Å². The zero-order chi connectivity index (χ0) is 15.6. The molecule has 1 N–H and O–H groups in total. The smallest absolute Gasteiger partial charge is 0.309 e. The van der Waals surface area contributed by atoms with Crippen LogP contribution in [-0.2, 0) is 9.59 Å². The van der Waals surface area contributed by atoms with Gasteiger partial charge in [-0.3, -0.25) is 9.59 Å². The van der Waals surface area contributed by atoms with Crippen molar-refractivity contribution in [2.24, 2.45) is 16.7 Å². The number of carbonyl (C=O) groups excluding carboxylic acids is 1. The molecule has 1 aliphatic heterocycles. The highest BCUT2D eigenvalue weighted by Gasteiger charge is 2.34. The summed E-state index contributed by atoms with van der Waals surface area (Å²) in [6.07, 6.45) is 3.27. The maximum Gasteiger partial charge on any atom is 0.309 e. The van der Waals surface area contributed by atoms with E-state index in [1.807, 2.05) is 4.90 Å². The summed E-state index contributed by atoms with van der Waals surface area (Å²) in [5, 5.41) is 9.12. The van der Waals surface area contributed by atoms with Crippen molar-refractivity contribution >= 4 is 11.9 Å². The van der Waals surface area contributed by atoms with Crippen molar-refractivity contribution in [1.82, 2.24) is 4.90 Å². The van der Waals surface area contributed by atoms with Crippen LogP contribution in [-0.4, -0.2) is 35.0 Å². The summed E-state index contributed by atoms with van der Waals surface area (Å²) in [5.74, 6) is -0.298. The Morgan fingerprint density at radius 1 is 1.10 bits per heavy atom. The third-order valence-corrected chi connectivity index (χ3v) is 4.48. The van der Waals surface area contributed by atoms with Crippen LogP contribution in [0.5, 0.6) is 0 Å². The average Bonchev–Trinajstić information content (AvgIpc) is 2.52. The summed E-state index contributed by atoms with van der Waals surface area (Å²) in [4.78, 5) is 25.3. The molecule has 4 heteroatoms. The minimum atomic E-state index is -0.979. The Hall–Kier alpha value is -1.06. The van der Waals surface area contributed by atoms with Crippen LogP contribution in [0.25, 0.3) is 0 Å². The largest absolute Gasteiger partial charge is 0.481 e. The van der Waals surface area contributed by atoms with Gasteiger partial charge in [-0.1, -0.05) is 20.8 Å². The lowest BCUT2D eigenvalue weighted by Crippen LogP contribution is -2.37. The second kappa shape index (κ2) is 6.15. The lowest BCUT2D eigenvalue weighted by molar-refractivity contribution is -0.151. The molecule has 0 bridgehead atoms. The number of rotatable bonds is 3. The first-order chi connectivity index (χ1) is 9.04. The quantitative estimate of drug-likeness (QED) is 0.865. The van der Waals surface area contributed by atoms with Crippen molar-refractivity contribution in [2.45, 2.75) is 60.3 Å². The van der Waals surface area contributed by atoms with E-state index >= 15 is 0 Å². The molecule has 1 atom stereocenters. The molecule has 1 saturated heterocycles. The maximum absolute atomic E-state index is 12.3. The van der Waals surface area contributed by atoms with Crippen molar-refractivity contribution in [1.29, 1.82) is 0 Å². The Bertz CT molecular complexity index is 368. The normalized spacial score (nSPS) is 21.4. The molecule has 0 saturated carbocycles. The molecule has 1 unspecified atom stereocenters. The number of nitrogens with zero attached hydrogens (tertiary/aromatic N) is 1. The van der Waals surface area contributed by atoms with E-state index in [9.17, 15) is 9.59 Å². The van der Waals surface area contributed by atoms with Gasteiger partial charge in [0.15, 0.2) is 0 Å². The van der Waals surface area contributed by atoms with Gasteiger partial charge in [-0.2, -0.15) is 0 Å². The Labute approximate surface area is 122 Å². The number of amides is 1. The second-order valence-electron chi connectivity index (χ2n) is 7.74. The van der Waals surface area contributed by atoms with Crippen molar-refractivity contribution in [3.8, 4) is 0 Å². The Kier molecular flexibility index (Phi) is 5.22. The number of likely N-dealkylation sites (tertiary alicyclic amines) is 1. The fraction of sp³-hybridized carbons (Fsp3) is 0.875. The Balaban J connectivity index is 2.61. The monoisotopic (exact) mass is 283 g/mol. The summed E-state index contributed by atoms with van der Waals surface area (Å²) in [6.45, 7) is 11.5. The maximum atomic E-state index is 12.3. The third kappa shape index (κ3) is 4.50. The molecule has 4 nitrogen and oxygen atoms in total. The number of carboxylic acids is 1. The molecule has 0 aromatic carbocycles. The second-order valence-corrected chi connectivity index (χ2v) is 7.74. The highest BCUT2D eigenvalue weighted by molar-refractivity contribution is 5.84. The van der Waals surface area contributed by atoms with E-state index in [2.05, 4.69) is 20.8 Å². The molecule has 0 aromatic heterocycles. The first kappa shape index (κ1) is 17.0. The zero-order valence-electron chi connectivity index (χ0n) is 13.5. The van der Waals surface area contributed by atoms with Crippen LogP contribution in [0.2, 0.25) is 0 Å². The summed E-state index contributed by atoms with van der Waals surface area (Å²) in [6, 6.07) is 0. The molecule has 0 radical (unpaired) electrons. The van der Waals surface area contributed by atoms with Gasteiger partial charge in [0.1, 0.15) is 0 Å². The van der Waals surface area contributed by atoms with Gasteiger partial charge in [0.25, 0.3) is 0 Å². The average molecular weight is 283 g/mol. The Morgan fingerprint density at radius 3 is 2.20 bits per heavy atom. The van der Waals surface area contributed by atoms with Crippen LogP contribution in [0.3, 0.4) is 0 Å². The number of hydrogen-bond acceptors (Lipinski definition) is 2. The molecule has 1 fully saturated rings. The summed E-state index contributed by atoms with van der Waals surface area (Å²) >= 11 is 0. The lowest BCUT2D eigenvalue weighted by Gasteiger charge is -2.30. The van der Waals surface area contributed by atoms with E-state index in [-0.39, 0.29) is 17.7 Å². The molecule has 0 aromatic rings. The van der Waals surface area contributed by atoms with Crippen LogP contribution in [0.4, 0.5) is 0 Å². The molecular weight excluding hydrogens is 254 g/mol. The minimum absolute atomic E-state index is 0.0213. The third-order valence-electron chi connectivity index (χ3n) is 4.48. The number of carbonyl (C=O) groups is 2. The van der Waals surface area contributed by atoms with Crippen LogP contribution >= 0.6 is 0 Å². The standard InChI is InChI=1S/C16H29NO3/c1-15(2,3)12-7-6-9-17(10-8-12)13(18)11-16(4,5)14(19)20/h12H,6-11H2,1-5H3,(H,19,20). The van der Waals surface area contributed by atoms with Crippen LogP contribution in [0.15, 0.2) is 0 Å². The highest BCUT2D eigenvalue weighted by atomic mass is 16.4. The predicted octanol–water partition coefficient (Wildman–Crippen LogP) is 3.16. The number of hydrogen-bond donors (Lipinski definition) is 1. The van der Waals surface area contributed by atoms with Crippen LogP contribution < -0.4 is 0 Å². The molecule has 1 aliphatic rings.